The second-order valence-corrected chi connectivity index (χ2v) is 12.5. The minimum absolute atomic E-state index is 0.00967. The highest BCUT2D eigenvalue weighted by atomic mass is 28.4. The summed E-state index contributed by atoms with van der Waals surface area (Å²) in [6.45, 7) is 13.0. The molecule has 1 aromatic heterocycles. The van der Waals surface area contributed by atoms with E-state index in [-0.39, 0.29) is 17.2 Å². The average molecular weight is 323 g/mol. The average Bonchev–Trinajstić information content (AvgIpc) is 2.40. The zero-order valence-electron chi connectivity index (χ0n) is 14.5. The molecule has 0 aliphatic carbocycles. The van der Waals surface area contributed by atoms with E-state index in [1.165, 1.54) is 0 Å². The second-order valence-electron chi connectivity index (χ2n) is 7.75. The molecule has 2 rings (SSSR count). The molecule has 1 aliphatic heterocycles. The molecule has 1 aromatic rings. The predicted molar refractivity (Wildman–Crippen MR) is 95.5 cm³/mol. The third-order valence-corrected chi connectivity index (χ3v) is 9.52. The highest BCUT2D eigenvalue weighted by molar-refractivity contribution is 6.74. The van der Waals surface area contributed by atoms with Crippen molar-refractivity contribution >= 4 is 19.7 Å². The molecule has 22 heavy (non-hydrogen) atoms. The Bertz CT molecular complexity index is 515. The molecule has 0 aromatic carbocycles. The van der Waals surface area contributed by atoms with E-state index < -0.39 is 8.32 Å². The fraction of sp³-hybridized carbons (Fsp3) is 0.688. The molecule has 4 N–H and O–H groups in total. The van der Waals surface area contributed by atoms with Crippen molar-refractivity contribution in [3.63, 3.8) is 0 Å². The van der Waals surface area contributed by atoms with Crippen molar-refractivity contribution in [2.45, 2.75) is 57.5 Å². The quantitative estimate of drug-likeness (QED) is 0.836. The summed E-state index contributed by atoms with van der Waals surface area (Å²) in [5, 5.41) is 0.208. The topological polar surface area (TPSA) is 77.4 Å². The Morgan fingerprint density at radius 1 is 1.36 bits per heavy atom. The lowest BCUT2D eigenvalue weighted by Gasteiger charge is -2.44. The zero-order valence-corrected chi connectivity index (χ0v) is 15.5. The molecule has 6 heteroatoms. The first kappa shape index (κ1) is 17.2. The van der Waals surface area contributed by atoms with Gasteiger partial charge in [-0.15, -0.1) is 0 Å². The Morgan fingerprint density at radius 3 is 2.59 bits per heavy atom. The van der Waals surface area contributed by atoms with Gasteiger partial charge in [-0.3, -0.25) is 4.98 Å². The molecule has 0 unspecified atom stereocenters. The van der Waals surface area contributed by atoms with Crippen molar-refractivity contribution in [3.8, 4) is 0 Å². The molecular formula is C16H30N4OSi. The number of hydrogen-bond donors (Lipinski definition) is 2. The van der Waals surface area contributed by atoms with Crippen LogP contribution in [0, 0.1) is 0 Å². The Kier molecular flexibility index (Phi) is 4.84. The van der Waals surface area contributed by atoms with Crippen LogP contribution in [-0.4, -0.2) is 38.5 Å². The van der Waals surface area contributed by atoms with Crippen molar-refractivity contribution in [1.82, 2.24) is 4.98 Å². The number of rotatable bonds is 3. The minimum Gasteiger partial charge on any atom is -0.412 e. The highest BCUT2D eigenvalue weighted by Crippen LogP contribution is 2.38. The summed E-state index contributed by atoms with van der Waals surface area (Å²) in [6.07, 6.45) is 4.55. The van der Waals surface area contributed by atoms with Crippen molar-refractivity contribution in [3.05, 3.63) is 18.5 Å². The van der Waals surface area contributed by atoms with E-state index in [2.05, 4.69) is 43.7 Å². The Labute approximate surface area is 135 Å². The Morgan fingerprint density at radius 2 is 2.05 bits per heavy atom. The first-order valence-electron chi connectivity index (χ1n) is 7.99. The van der Waals surface area contributed by atoms with Crippen LogP contribution < -0.4 is 16.4 Å². The zero-order chi connectivity index (χ0) is 16.5. The van der Waals surface area contributed by atoms with Gasteiger partial charge in [0.25, 0.3) is 0 Å². The van der Waals surface area contributed by atoms with Crippen LogP contribution in [0.15, 0.2) is 18.5 Å². The van der Waals surface area contributed by atoms with Crippen molar-refractivity contribution < 1.29 is 4.43 Å². The lowest BCUT2D eigenvalue weighted by atomic mass is 10.0. The second kappa shape index (κ2) is 6.18. The first-order valence-corrected chi connectivity index (χ1v) is 10.9. The van der Waals surface area contributed by atoms with E-state index >= 15 is 0 Å². The third-order valence-electron chi connectivity index (χ3n) is 5.01. The fourth-order valence-electron chi connectivity index (χ4n) is 2.57. The number of nitrogen functional groups attached to an aromatic ring is 1. The minimum atomic E-state index is -1.78. The van der Waals surface area contributed by atoms with Gasteiger partial charge in [-0.05, 0) is 30.6 Å². The van der Waals surface area contributed by atoms with Crippen LogP contribution in [0.2, 0.25) is 18.1 Å². The van der Waals surface area contributed by atoms with E-state index in [9.17, 15) is 0 Å². The molecule has 0 amide bonds. The van der Waals surface area contributed by atoms with E-state index in [4.69, 9.17) is 15.9 Å². The maximum atomic E-state index is 6.51. The smallest absolute Gasteiger partial charge is 0.192 e. The lowest BCUT2D eigenvalue weighted by Crippen LogP contribution is -2.56. The normalized spacial score (nSPS) is 23.6. The van der Waals surface area contributed by atoms with Gasteiger partial charge in [0.1, 0.15) is 0 Å². The summed E-state index contributed by atoms with van der Waals surface area (Å²) in [6, 6.07) is 1.97. The number of aromatic nitrogens is 1. The fourth-order valence-corrected chi connectivity index (χ4v) is 3.97. The van der Waals surface area contributed by atoms with Crippen molar-refractivity contribution in [1.29, 1.82) is 0 Å². The summed E-state index contributed by atoms with van der Waals surface area (Å²) in [5.41, 5.74) is 14.2. The Hall–Kier alpha value is -1.11. The molecule has 0 bridgehead atoms. The maximum Gasteiger partial charge on any atom is 0.192 e. The van der Waals surface area contributed by atoms with E-state index in [0.29, 0.717) is 5.69 Å². The molecule has 2 atom stereocenters. The van der Waals surface area contributed by atoms with Gasteiger partial charge >= 0.3 is 0 Å². The van der Waals surface area contributed by atoms with Gasteiger partial charge in [-0.1, -0.05) is 20.8 Å². The van der Waals surface area contributed by atoms with Crippen LogP contribution in [0.5, 0.6) is 0 Å². The van der Waals surface area contributed by atoms with Gasteiger partial charge in [0.05, 0.1) is 23.7 Å². The van der Waals surface area contributed by atoms with Crippen molar-refractivity contribution in [2.75, 3.05) is 23.7 Å². The number of hydrogen-bond acceptors (Lipinski definition) is 5. The molecular weight excluding hydrogens is 292 g/mol. The largest absolute Gasteiger partial charge is 0.412 e. The summed E-state index contributed by atoms with van der Waals surface area (Å²) in [5.74, 6) is 0. The molecule has 0 spiro atoms. The molecule has 5 nitrogen and oxygen atoms in total. The molecule has 0 saturated carbocycles. The summed E-state index contributed by atoms with van der Waals surface area (Å²) < 4.78 is 6.51. The van der Waals surface area contributed by atoms with Crippen LogP contribution in [-0.2, 0) is 4.43 Å². The summed E-state index contributed by atoms with van der Waals surface area (Å²) in [4.78, 5) is 6.29. The first-order chi connectivity index (χ1) is 10.1. The van der Waals surface area contributed by atoms with Crippen LogP contribution >= 0.6 is 0 Å². The third kappa shape index (κ3) is 3.61. The van der Waals surface area contributed by atoms with Gasteiger partial charge < -0.3 is 20.8 Å². The van der Waals surface area contributed by atoms with Gasteiger partial charge in [0.15, 0.2) is 8.32 Å². The molecule has 2 heterocycles. The number of pyridine rings is 1. The molecule has 1 saturated heterocycles. The van der Waals surface area contributed by atoms with Gasteiger partial charge in [-0.25, -0.2) is 0 Å². The predicted octanol–water partition coefficient (Wildman–Crippen LogP) is 2.59. The molecule has 0 radical (unpaired) electrons. The van der Waals surface area contributed by atoms with Crippen LogP contribution in [0.4, 0.5) is 11.4 Å². The number of anilines is 2. The van der Waals surface area contributed by atoms with Gasteiger partial charge in [0.2, 0.25) is 0 Å². The lowest BCUT2D eigenvalue weighted by molar-refractivity contribution is 0.132. The van der Waals surface area contributed by atoms with Crippen LogP contribution in [0.3, 0.4) is 0 Å². The number of piperidine rings is 1. The highest BCUT2D eigenvalue weighted by Gasteiger charge is 2.41. The van der Waals surface area contributed by atoms with E-state index in [1.807, 2.05) is 6.07 Å². The molecule has 124 valence electrons. The maximum absolute atomic E-state index is 6.51. The number of nitrogens with zero attached hydrogens (tertiary/aromatic N) is 2. The SMILES string of the molecule is CC(C)(C)[Si](C)(C)O[C@@H]1CCN(c2ccncc2N)C[C@H]1N. The monoisotopic (exact) mass is 322 g/mol. The molecule has 1 aliphatic rings. The van der Waals surface area contributed by atoms with Gasteiger partial charge in [0, 0.05) is 25.3 Å². The van der Waals surface area contributed by atoms with Gasteiger partial charge in [-0.2, -0.15) is 0 Å². The Balaban J connectivity index is 2.03. The number of nitrogens with two attached hydrogens (primary N) is 2. The van der Waals surface area contributed by atoms with E-state index in [0.717, 1.165) is 25.2 Å². The summed E-state index contributed by atoms with van der Waals surface area (Å²) >= 11 is 0. The van der Waals surface area contributed by atoms with Crippen LogP contribution in [0.1, 0.15) is 27.2 Å². The standard InChI is InChI=1S/C16H30N4OSi/c1-16(2,3)22(4,5)21-15-7-9-20(11-13(15)18)14-6-8-19-10-12(14)17/h6,8,10,13,15H,7,9,11,17-18H2,1-5H3/t13-,15-/m1/s1. The van der Waals surface area contributed by atoms with E-state index in [1.54, 1.807) is 12.4 Å². The van der Waals surface area contributed by atoms with Crippen molar-refractivity contribution in [2.24, 2.45) is 5.73 Å². The molecule has 1 fully saturated rings. The van der Waals surface area contributed by atoms with Crippen LogP contribution in [0.25, 0.3) is 0 Å². The summed E-state index contributed by atoms with van der Waals surface area (Å²) in [7, 11) is -1.78.